The molecular formula is C14H15NO2. The van der Waals surface area contributed by atoms with Crippen LogP contribution in [0.25, 0.3) is 0 Å². The first-order valence-electron chi connectivity index (χ1n) is 5.54. The van der Waals surface area contributed by atoms with Crippen LogP contribution >= 0.6 is 0 Å². The molecule has 2 rings (SSSR count). The van der Waals surface area contributed by atoms with Gasteiger partial charge in [0.2, 0.25) is 0 Å². The van der Waals surface area contributed by atoms with Crippen molar-refractivity contribution in [3.05, 3.63) is 53.9 Å². The molecule has 2 aromatic rings. The third kappa shape index (κ3) is 3.04. The minimum absolute atomic E-state index is 0.553. The molecule has 1 atom stereocenters. The maximum atomic E-state index is 9.34. The summed E-state index contributed by atoms with van der Waals surface area (Å²) < 4.78 is 5.65. The van der Waals surface area contributed by atoms with E-state index in [1.807, 2.05) is 31.2 Å². The number of nitrogens with zero attached hydrogens (tertiary/aromatic N) is 1. The van der Waals surface area contributed by atoms with Crippen LogP contribution in [0.3, 0.4) is 0 Å². The first-order chi connectivity index (χ1) is 8.15. The van der Waals surface area contributed by atoms with E-state index >= 15 is 0 Å². The number of aliphatic hydroxyl groups is 1. The fraction of sp³-hybridized carbons (Fsp3) is 0.214. The summed E-state index contributed by atoms with van der Waals surface area (Å²) in [6.07, 6.45) is 1.06. The van der Waals surface area contributed by atoms with Gasteiger partial charge in [0.25, 0.3) is 0 Å². The van der Waals surface area contributed by atoms with Crippen molar-refractivity contribution < 1.29 is 9.84 Å². The number of aryl methyl sites for hydroxylation is 1. The molecule has 1 N–H and O–H groups in total. The molecule has 0 aliphatic heterocycles. The van der Waals surface area contributed by atoms with E-state index in [-0.39, 0.29) is 0 Å². The van der Waals surface area contributed by atoms with Crippen LogP contribution in [-0.2, 0) is 0 Å². The number of rotatable bonds is 3. The van der Waals surface area contributed by atoms with Gasteiger partial charge in [0.1, 0.15) is 11.5 Å². The Balaban J connectivity index is 2.14. The molecule has 1 unspecified atom stereocenters. The SMILES string of the molecule is Cc1cccc(Oc2ccc(C(C)O)nc2)c1. The van der Waals surface area contributed by atoms with E-state index in [0.717, 1.165) is 11.3 Å². The summed E-state index contributed by atoms with van der Waals surface area (Å²) >= 11 is 0. The van der Waals surface area contributed by atoms with Crippen molar-refractivity contribution in [2.75, 3.05) is 0 Å². The number of aromatic nitrogens is 1. The van der Waals surface area contributed by atoms with Crippen molar-refractivity contribution in [3.63, 3.8) is 0 Å². The van der Waals surface area contributed by atoms with Gasteiger partial charge in [-0.2, -0.15) is 0 Å². The highest BCUT2D eigenvalue weighted by Gasteiger charge is 2.03. The molecule has 17 heavy (non-hydrogen) atoms. The molecule has 1 aromatic heterocycles. The second kappa shape index (κ2) is 4.97. The molecular weight excluding hydrogens is 214 g/mol. The van der Waals surface area contributed by atoms with Crippen molar-refractivity contribution >= 4 is 0 Å². The van der Waals surface area contributed by atoms with E-state index in [1.54, 1.807) is 25.3 Å². The Morgan fingerprint density at radius 1 is 1.18 bits per heavy atom. The minimum Gasteiger partial charge on any atom is -0.456 e. The van der Waals surface area contributed by atoms with E-state index in [0.29, 0.717) is 11.4 Å². The Labute approximate surface area is 101 Å². The maximum Gasteiger partial charge on any atom is 0.145 e. The largest absolute Gasteiger partial charge is 0.456 e. The van der Waals surface area contributed by atoms with Gasteiger partial charge in [-0.1, -0.05) is 12.1 Å². The molecule has 0 radical (unpaired) electrons. The predicted molar refractivity (Wildman–Crippen MR) is 66.1 cm³/mol. The number of benzene rings is 1. The molecule has 0 saturated heterocycles. The molecule has 0 bridgehead atoms. The van der Waals surface area contributed by atoms with Gasteiger partial charge in [0.15, 0.2) is 0 Å². The van der Waals surface area contributed by atoms with Gasteiger partial charge in [-0.05, 0) is 43.7 Å². The molecule has 0 amide bonds. The second-order valence-corrected chi connectivity index (χ2v) is 4.01. The summed E-state index contributed by atoms with van der Waals surface area (Å²) in [5.74, 6) is 1.46. The lowest BCUT2D eigenvalue weighted by molar-refractivity contribution is 0.194. The summed E-state index contributed by atoms with van der Waals surface area (Å²) in [5.41, 5.74) is 1.79. The lowest BCUT2D eigenvalue weighted by Gasteiger charge is -2.07. The monoisotopic (exact) mass is 229 g/mol. The van der Waals surface area contributed by atoms with Gasteiger partial charge in [-0.25, -0.2) is 0 Å². The Bertz CT molecular complexity index is 492. The first kappa shape index (κ1) is 11.6. The molecule has 0 aliphatic rings. The van der Waals surface area contributed by atoms with Crippen LogP contribution in [0.15, 0.2) is 42.6 Å². The van der Waals surface area contributed by atoms with Crippen LogP contribution < -0.4 is 4.74 Å². The normalized spacial score (nSPS) is 12.2. The second-order valence-electron chi connectivity index (χ2n) is 4.01. The minimum atomic E-state index is -0.553. The summed E-state index contributed by atoms with van der Waals surface area (Å²) in [6.45, 7) is 3.70. The quantitative estimate of drug-likeness (QED) is 0.878. The third-order valence-corrected chi connectivity index (χ3v) is 2.41. The Morgan fingerprint density at radius 2 is 2.00 bits per heavy atom. The molecule has 0 fully saturated rings. The molecule has 1 aromatic carbocycles. The van der Waals surface area contributed by atoms with E-state index in [1.165, 1.54) is 0 Å². The molecule has 1 heterocycles. The van der Waals surface area contributed by atoms with E-state index < -0.39 is 6.10 Å². The number of pyridine rings is 1. The summed E-state index contributed by atoms with van der Waals surface area (Å²) in [5, 5.41) is 9.34. The standard InChI is InChI=1S/C14H15NO2/c1-10-4-3-5-12(8-10)17-13-6-7-14(11(2)16)15-9-13/h3-9,11,16H,1-2H3. The fourth-order valence-electron chi connectivity index (χ4n) is 1.51. The number of hydrogen-bond donors (Lipinski definition) is 1. The van der Waals surface area contributed by atoms with Gasteiger partial charge < -0.3 is 9.84 Å². The summed E-state index contributed by atoms with van der Waals surface area (Å²) in [4.78, 5) is 4.12. The zero-order chi connectivity index (χ0) is 12.3. The van der Waals surface area contributed by atoms with Crippen LogP contribution in [0.4, 0.5) is 0 Å². The summed E-state index contributed by atoms with van der Waals surface area (Å²) in [7, 11) is 0. The smallest absolute Gasteiger partial charge is 0.145 e. The average molecular weight is 229 g/mol. The van der Waals surface area contributed by atoms with Crippen LogP contribution in [0.1, 0.15) is 24.3 Å². The lowest BCUT2D eigenvalue weighted by atomic mass is 10.2. The highest BCUT2D eigenvalue weighted by atomic mass is 16.5. The highest BCUT2D eigenvalue weighted by Crippen LogP contribution is 2.22. The van der Waals surface area contributed by atoms with Crippen LogP contribution in [0.2, 0.25) is 0 Å². The van der Waals surface area contributed by atoms with E-state index in [4.69, 9.17) is 4.74 Å². The fourth-order valence-corrected chi connectivity index (χ4v) is 1.51. The molecule has 88 valence electrons. The predicted octanol–water partition coefficient (Wildman–Crippen LogP) is 3.24. The highest BCUT2D eigenvalue weighted by molar-refractivity contribution is 5.32. The Hall–Kier alpha value is -1.87. The molecule has 0 saturated carbocycles. The average Bonchev–Trinajstić information content (AvgIpc) is 2.29. The van der Waals surface area contributed by atoms with Gasteiger partial charge in [-0.15, -0.1) is 0 Å². The van der Waals surface area contributed by atoms with Crippen LogP contribution in [-0.4, -0.2) is 10.1 Å². The first-order valence-corrected chi connectivity index (χ1v) is 5.54. The molecule has 3 nitrogen and oxygen atoms in total. The third-order valence-electron chi connectivity index (χ3n) is 2.41. The summed E-state index contributed by atoms with van der Waals surface area (Å²) in [6, 6.07) is 11.4. The van der Waals surface area contributed by atoms with Crippen molar-refractivity contribution in [3.8, 4) is 11.5 Å². The van der Waals surface area contributed by atoms with Gasteiger partial charge in [0, 0.05) is 0 Å². The van der Waals surface area contributed by atoms with Crippen molar-refractivity contribution in [1.82, 2.24) is 4.98 Å². The zero-order valence-corrected chi connectivity index (χ0v) is 9.92. The van der Waals surface area contributed by atoms with Crippen molar-refractivity contribution in [2.45, 2.75) is 20.0 Å². The van der Waals surface area contributed by atoms with Gasteiger partial charge in [0.05, 0.1) is 18.0 Å². The van der Waals surface area contributed by atoms with Gasteiger partial charge >= 0.3 is 0 Å². The van der Waals surface area contributed by atoms with Crippen molar-refractivity contribution in [1.29, 1.82) is 0 Å². The van der Waals surface area contributed by atoms with Gasteiger partial charge in [-0.3, -0.25) is 4.98 Å². The zero-order valence-electron chi connectivity index (χ0n) is 9.92. The Kier molecular flexibility index (Phi) is 3.40. The number of ether oxygens (including phenoxy) is 1. The molecule has 0 spiro atoms. The van der Waals surface area contributed by atoms with Crippen molar-refractivity contribution in [2.24, 2.45) is 0 Å². The van der Waals surface area contributed by atoms with E-state index in [2.05, 4.69) is 4.98 Å². The molecule has 3 heteroatoms. The Morgan fingerprint density at radius 3 is 2.59 bits per heavy atom. The van der Waals surface area contributed by atoms with Crippen LogP contribution in [0, 0.1) is 6.92 Å². The topological polar surface area (TPSA) is 42.4 Å². The lowest BCUT2D eigenvalue weighted by Crippen LogP contribution is -1.95. The number of aliphatic hydroxyl groups excluding tert-OH is 1. The molecule has 0 aliphatic carbocycles. The van der Waals surface area contributed by atoms with Crippen LogP contribution in [0.5, 0.6) is 11.5 Å². The van der Waals surface area contributed by atoms with E-state index in [9.17, 15) is 5.11 Å². The number of hydrogen-bond acceptors (Lipinski definition) is 3. The maximum absolute atomic E-state index is 9.34.